The lowest BCUT2D eigenvalue weighted by molar-refractivity contribution is -0.117. The van der Waals surface area contributed by atoms with Gasteiger partial charge in [-0.1, -0.05) is 23.7 Å². The predicted octanol–water partition coefficient (Wildman–Crippen LogP) is 2.98. The zero-order chi connectivity index (χ0) is 21.7. The molecule has 0 fully saturated rings. The van der Waals surface area contributed by atoms with Gasteiger partial charge in [-0.25, -0.2) is 9.37 Å². The first-order chi connectivity index (χ1) is 14.4. The molecule has 3 aromatic rings. The van der Waals surface area contributed by atoms with Gasteiger partial charge in [-0.15, -0.1) is 0 Å². The third-order valence-electron chi connectivity index (χ3n) is 4.55. The van der Waals surface area contributed by atoms with E-state index in [1.165, 1.54) is 13.3 Å². The van der Waals surface area contributed by atoms with E-state index in [0.29, 0.717) is 16.1 Å². The molecule has 4 N–H and O–H groups in total. The van der Waals surface area contributed by atoms with Crippen LogP contribution in [0.1, 0.15) is 28.7 Å². The Morgan fingerprint density at radius 2 is 2.00 bits per heavy atom. The lowest BCUT2D eigenvalue weighted by atomic mass is 9.93. The van der Waals surface area contributed by atoms with E-state index in [9.17, 15) is 14.0 Å². The van der Waals surface area contributed by atoms with Crippen LogP contribution in [-0.4, -0.2) is 29.6 Å². The van der Waals surface area contributed by atoms with E-state index in [0.717, 1.165) is 12.3 Å². The minimum absolute atomic E-state index is 0.133. The fraction of sp³-hybridized carbons (Fsp3) is 0.190. The van der Waals surface area contributed by atoms with E-state index in [2.05, 4.69) is 15.3 Å². The van der Waals surface area contributed by atoms with E-state index in [1.807, 2.05) is 0 Å². The molecule has 0 radical (unpaired) electrons. The van der Waals surface area contributed by atoms with Crippen LogP contribution in [-0.2, 0) is 9.53 Å². The first-order valence-electron chi connectivity index (χ1n) is 9.04. The van der Waals surface area contributed by atoms with Gasteiger partial charge in [0.2, 0.25) is 5.91 Å². The van der Waals surface area contributed by atoms with Crippen LogP contribution in [0.4, 0.5) is 10.2 Å². The van der Waals surface area contributed by atoms with Crippen molar-refractivity contribution in [3.8, 4) is 0 Å². The molecule has 9 heteroatoms. The summed E-state index contributed by atoms with van der Waals surface area (Å²) in [7, 11) is 1.48. The Balaban J connectivity index is 1.85. The van der Waals surface area contributed by atoms with Gasteiger partial charge in [0, 0.05) is 36.0 Å². The zero-order valence-electron chi connectivity index (χ0n) is 16.1. The molecule has 0 aliphatic rings. The van der Waals surface area contributed by atoms with E-state index < -0.39 is 29.2 Å². The summed E-state index contributed by atoms with van der Waals surface area (Å²) in [5, 5.41) is 3.20. The Bertz CT molecular complexity index is 1090. The number of pyridine rings is 2. The number of H-pyrrole nitrogens is 1. The lowest BCUT2D eigenvalue weighted by Gasteiger charge is -2.18. The van der Waals surface area contributed by atoms with Crippen molar-refractivity contribution in [2.75, 3.05) is 19.0 Å². The van der Waals surface area contributed by atoms with Gasteiger partial charge < -0.3 is 20.8 Å². The minimum atomic E-state index is -0.923. The Morgan fingerprint density at radius 3 is 2.70 bits per heavy atom. The standard InChI is InChI=1S/C21H20ClFN4O3/c1-30-11-17(16-9-15(23)10-26-20(16)28)13-6-7-25-18(8-13)27-21(29)19(24)12-2-4-14(22)5-3-12/h2-10,17,19H,11,24H2,1H3,(H,26,28)(H,25,27,29)/t17-,19+/m1/s1. The van der Waals surface area contributed by atoms with Crippen molar-refractivity contribution in [2.24, 2.45) is 5.73 Å². The number of aromatic nitrogens is 2. The summed E-state index contributed by atoms with van der Waals surface area (Å²) in [6, 6.07) is 10.1. The van der Waals surface area contributed by atoms with Crippen molar-refractivity contribution in [3.63, 3.8) is 0 Å². The summed E-state index contributed by atoms with van der Waals surface area (Å²) in [5.41, 5.74) is 7.02. The number of amides is 1. The van der Waals surface area contributed by atoms with Crippen LogP contribution in [0.15, 0.2) is 59.7 Å². The number of carbonyl (C=O) groups excluding carboxylic acids is 1. The van der Waals surface area contributed by atoms with Gasteiger partial charge in [-0.2, -0.15) is 0 Å². The average molecular weight is 431 g/mol. The molecule has 156 valence electrons. The molecule has 2 aromatic heterocycles. The molecule has 0 saturated carbocycles. The third-order valence-corrected chi connectivity index (χ3v) is 4.81. The van der Waals surface area contributed by atoms with Gasteiger partial charge in [0.1, 0.15) is 17.7 Å². The SMILES string of the molecule is COC[C@H](c1ccnc(NC(=O)[C@@H](N)c2ccc(Cl)cc2)c1)c1cc(F)c[nH]c1=O. The first-order valence-corrected chi connectivity index (χ1v) is 9.41. The number of methoxy groups -OCH3 is 1. The molecule has 2 heterocycles. The number of rotatable bonds is 7. The summed E-state index contributed by atoms with van der Waals surface area (Å²) >= 11 is 5.86. The predicted molar refractivity (Wildman–Crippen MR) is 112 cm³/mol. The number of aromatic amines is 1. The highest BCUT2D eigenvalue weighted by Crippen LogP contribution is 2.25. The van der Waals surface area contributed by atoms with Gasteiger partial charge in [0.15, 0.2) is 0 Å². The van der Waals surface area contributed by atoms with Gasteiger partial charge in [0.25, 0.3) is 5.56 Å². The molecule has 2 atom stereocenters. The number of hydrogen-bond acceptors (Lipinski definition) is 5. The van der Waals surface area contributed by atoms with Crippen molar-refractivity contribution in [1.29, 1.82) is 0 Å². The van der Waals surface area contributed by atoms with Gasteiger partial charge in [-0.3, -0.25) is 9.59 Å². The Kier molecular flexibility index (Phi) is 6.94. The normalized spacial score (nSPS) is 12.9. The van der Waals surface area contributed by atoms with Crippen LogP contribution in [0.2, 0.25) is 5.02 Å². The van der Waals surface area contributed by atoms with E-state index in [-0.39, 0.29) is 18.0 Å². The van der Waals surface area contributed by atoms with E-state index >= 15 is 0 Å². The maximum absolute atomic E-state index is 13.7. The van der Waals surface area contributed by atoms with Gasteiger partial charge >= 0.3 is 0 Å². The van der Waals surface area contributed by atoms with Crippen LogP contribution >= 0.6 is 11.6 Å². The number of nitrogens with one attached hydrogen (secondary N) is 2. The molecule has 1 aromatic carbocycles. The topological polar surface area (TPSA) is 110 Å². The second kappa shape index (κ2) is 9.62. The van der Waals surface area contributed by atoms with E-state index in [1.54, 1.807) is 36.4 Å². The van der Waals surface area contributed by atoms with Crippen LogP contribution in [0, 0.1) is 5.82 Å². The summed E-state index contributed by atoms with van der Waals surface area (Å²) < 4.78 is 18.9. The molecule has 0 unspecified atom stereocenters. The lowest BCUT2D eigenvalue weighted by Crippen LogP contribution is -2.28. The number of ether oxygens (including phenoxy) is 1. The summed E-state index contributed by atoms with van der Waals surface area (Å²) in [6.45, 7) is 0.133. The second-order valence-corrected chi connectivity index (χ2v) is 7.04. The smallest absolute Gasteiger partial charge is 0.252 e. The average Bonchev–Trinajstić information content (AvgIpc) is 2.74. The van der Waals surface area contributed by atoms with Gasteiger partial charge in [0.05, 0.1) is 6.61 Å². The maximum Gasteiger partial charge on any atom is 0.252 e. The summed E-state index contributed by atoms with van der Waals surface area (Å²) in [4.78, 5) is 31.2. The fourth-order valence-electron chi connectivity index (χ4n) is 3.02. The van der Waals surface area contributed by atoms with Crippen molar-refractivity contribution in [1.82, 2.24) is 9.97 Å². The fourth-order valence-corrected chi connectivity index (χ4v) is 3.15. The molecular formula is C21H20ClFN4O3. The van der Waals surface area contributed by atoms with Crippen molar-refractivity contribution in [2.45, 2.75) is 12.0 Å². The molecule has 3 rings (SSSR count). The molecule has 0 saturated heterocycles. The monoisotopic (exact) mass is 430 g/mol. The van der Waals surface area contributed by atoms with Crippen LogP contribution in [0.25, 0.3) is 0 Å². The Morgan fingerprint density at radius 1 is 1.27 bits per heavy atom. The number of anilines is 1. The Labute approximate surface area is 177 Å². The van der Waals surface area contributed by atoms with Crippen molar-refractivity contribution in [3.05, 3.63) is 92.7 Å². The number of nitrogens with zero attached hydrogens (tertiary/aromatic N) is 1. The van der Waals surface area contributed by atoms with Crippen LogP contribution < -0.4 is 16.6 Å². The quantitative estimate of drug-likeness (QED) is 0.533. The molecule has 30 heavy (non-hydrogen) atoms. The molecule has 1 amide bonds. The number of benzene rings is 1. The molecule has 7 nitrogen and oxygen atoms in total. The molecule has 0 spiro atoms. The largest absolute Gasteiger partial charge is 0.384 e. The number of hydrogen-bond donors (Lipinski definition) is 3. The highest BCUT2D eigenvalue weighted by atomic mass is 35.5. The van der Waals surface area contributed by atoms with Gasteiger partial charge in [-0.05, 0) is 41.5 Å². The third kappa shape index (κ3) is 5.10. The first kappa shape index (κ1) is 21.6. The molecule has 0 aliphatic heterocycles. The maximum atomic E-state index is 13.7. The number of carbonyl (C=O) groups is 1. The van der Waals surface area contributed by atoms with E-state index in [4.69, 9.17) is 22.1 Å². The minimum Gasteiger partial charge on any atom is -0.384 e. The van der Waals surface area contributed by atoms with Crippen molar-refractivity contribution >= 4 is 23.3 Å². The van der Waals surface area contributed by atoms with Crippen LogP contribution in [0.5, 0.6) is 0 Å². The summed E-state index contributed by atoms with van der Waals surface area (Å²) in [5.74, 6) is -1.34. The highest BCUT2D eigenvalue weighted by molar-refractivity contribution is 6.30. The van der Waals surface area contributed by atoms with Crippen LogP contribution in [0.3, 0.4) is 0 Å². The molecular weight excluding hydrogens is 411 g/mol. The summed E-state index contributed by atoms with van der Waals surface area (Å²) in [6.07, 6.45) is 2.47. The second-order valence-electron chi connectivity index (χ2n) is 6.60. The van der Waals surface area contributed by atoms with Crippen molar-refractivity contribution < 1.29 is 13.9 Å². The number of halogens is 2. The number of nitrogens with two attached hydrogens (primary N) is 1. The highest BCUT2D eigenvalue weighted by Gasteiger charge is 2.21. The zero-order valence-corrected chi connectivity index (χ0v) is 16.8. The molecule has 0 bridgehead atoms. The molecule has 0 aliphatic carbocycles. The Hall–Kier alpha value is -3.07.